The summed E-state index contributed by atoms with van der Waals surface area (Å²) in [5.41, 5.74) is 1.03. The first-order chi connectivity index (χ1) is 11.7. The van der Waals surface area contributed by atoms with E-state index in [1.165, 1.54) is 12.1 Å². The largest absolute Gasteiger partial charge is 0.445 e. The highest BCUT2D eigenvalue weighted by Crippen LogP contribution is 2.10. The Morgan fingerprint density at radius 2 is 1.88 bits per heavy atom. The standard InChI is InChI=1S/C19H15FN2O2/c20-18-16(10-6-11-17(18)13-21)9-4-5-12-22-19(23)24-14-15-7-2-1-3-8-15/h1-3,6-8,10-11H,5,12,14H2,(H,22,23). The fourth-order valence-corrected chi connectivity index (χ4v) is 1.87. The molecular formula is C19H15FN2O2. The minimum Gasteiger partial charge on any atom is -0.445 e. The van der Waals surface area contributed by atoms with E-state index in [0.717, 1.165) is 5.56 Å². The van der Waals surface area contributed by atoms with Crippen LogP contribution in [0, 0.1) is 29.0 Å². The molecule has 0 atom stereocenters. The zero-order valence-corrected chi connectivity index (χ0v) is 12.9. The number of benzene rings is 2. The van der Waals surface area contributed by atoms with Gasteiger partial charge in [-0.2, -0.15) is 5.26 Å². The van der Waals surface area contributed by atoms with Crippen molar-refractivity contribution < 1.29 is 13.9 Å². The van der Waals surface area contributed by atoms with Gasteiger partial charge in [-0.3, -0.25) is 0 Å². The predicted octanol–water partition coefficient (Wildman–Crippen LogP) is 3.37. The minimum absolute atomic E-state index is 0.0376. The number of halogens is 1. The van der Waals surface area contributed by atoms with Crippen LogP contribution in [-0.4, -0.2) is 12.6 Å². The molecule has 0 bridgehead atoms. The molecule has 0 saturated heterocycles. The third kappa shape index (κ3) is 5.15. The summed E-state index contributed by atoms with van der Waals surface area (Å²) in [6.45, 7) is 0.491. The van der Waals surface area contributed by atoms with Crippen LogP contribution in [0.15, 0.2) is 48.5 Å². The van der Waals surface area contributed by atoms with E-state index in [-0.39, 0.29) is 17.7 Å². The molecule has 0 aromatic heterocycles. The summed E-state index contributed by atoms with van der Waals surface area (Å²) in [6, 6.07) is 15.6. The van der Waals surface area contributed by atoms with E-state index in [4.69, 9.17) is 10.00 Å². The van der Waals surface area contributed by atoms with Crippen molar-refractivity contribution in [1.82, 2.24) is 5.32 Å². The molecule has 4 nitrogen and oxygen atoms in total. The van der Waals surface area contributed by atoms with E-state index in [1.54, 1.807) is 12.1 Å². The Balaban J connectivity index is 1.74. The molecule has 2 rings (SSSR count). The second-order valence-electron chi connectivity index (χ2n) is 4.82. The number of rotatable bonds is 4. The second-order valence-corrected chi connectivity index (χ2v) is 4.82. The van der Waals surface area contributed by atoms with Gasteiger partial charge in [-0.25, -0.2) is 9.18 Å². The van der Waals surface area contributed by atoms with E-state index in [1.807, 2.05) is 30.3 Å². The Kier molecular flexibility index (Phi) is 6.37. The Morgan fingerprint density at radius 1 is 1.12 bits per heavy atom. The normalized spacial score (nSPS) is 9.33. The summed E-state index contributed by atoms with van der Waals surface area (Å²) in [5, 5.41) is 11.3. The molecule has 0 saturated carbocycles. The van der Waals surface area contributed by atoms with Gasteiger partial charge in [-0.1, -0.05) is 48.2 Å². The second kappa shape index (κ2) is 8.97. The molecule has 0 aliphatic carbocycles. The minimum atomic E-state index is -0.622. The number of hydrogen-bond acceptors (Lipinski definition) is 3. The maximum atomic E-state index is 13.8. The van der Waals surface area contributed by atoms with Crippen LogP contribution < -0.4 is 5.32 Å². The van der Waals surface area contributed by atoms with Gasteiger partial charge in [0.15, 0.2) is 5.82 Å². The van der Waals surface area contributed by atoms with Gasteiger partial charge in [0.1, 0.15) is 12.7 Å². The Morgan fingerprint density at radius 3 is 2.62 bits per heavy atom. The van der Waals surface area contributed by atoms with E-state index >= 15 is 0 Å². The molecule has 0 spiro atoms. The molecule has 1 N–H and O–H groups in total. The number of amides is 1. The monoisotopic (exact) mass is 322 g/mol. The van der Waals surface area contributed by atoms with Crippen LogP contribution in [0.2, 0.25) is 0 Å². The Labute approximate surface area is 139 Å². The van der Waals surface area contributed by atoms with Crippen molar-refractivity contribution in [3.8, 4) is 17.9 Å². The molecule has 0 aliphatic rings. The summed E-state index contributed by atoms with van der Waals surface area (Å²) < 4.78 is 18.8. The van der Waals surface area contributed by atoms with Crippen LogP contribution in [0.25, 0.3) is 0 Å². The zero-order chi connectivity index (χ0) is 17.2. The van der Waals surface area contributed by atoms with Crippen molar-refractivity contribution in [3.05, 3.63) is 71.0 Å². The molecule has 24 heavy (non-hydrogen) atoms. The smallest absolute Gasteiger partial charge is 0.407 e. The number of nitrogens with zero attached hydrogens (tertiary/aromatic N) is 1. The third-order valence-corrected chi connectivity index (χ3v) is 3.07. The molecule has 1 amide bonds. The number of ether oxygens (including phenoxy) is 1. The maximum Gasteiger partial charge on any atom is 0.407 e. The summed E-state index contributed by atoms with van der Waals surface area (Å²) >= 11 is 0. The van der Waals surface area contributed by atoms with Gasteiger partial charge in [0.25, 0.3) is 0 Å². The molecule has 0 fully saturated rings. The van der Waals surface area contributed by atoms with Crippen molar-refractivity contribution in [2.75, 3.05) is 6.54 Å². The van der Waals surface area contributed by atoms with Crippen LogP contribution in [0.4, 0.5) is 9.18 Å². The quantitative estimate of drug-likeness (QED) is 0.693. The average Bonchev–Trinajstić information content (AvgIpc) is 2.62. The predicted molar refractivity (Wildman–Crippen MR) is 87.2 cm³/mol. The molecule has 120 valence electrons. The molecule has 0 radical (unpaired) electrons. The lowest BCUT2D eigenvalue weighted by molar-refractivity contribution is 0.140. The van der Waals surface area contributed by atoms with Gasteiger partial charge in [-0.05, 0) is 17.7 Å². The van der Waals surface area contributed by atoms with Crippen LogP contribution in [-0.2, 0) is 11.3 Å². The fourth-order valence-electron chi connectivity index (χ4n) is 1.87. The lowest BCUT2D eigenvalue weighted by Gasteiger charge is -2.05. The topological polar surface area (TPSA) is 62.1 Å². The Bertz CT molecular complexity index is 802. The van der Waals surface area contributed by atoms with Gasteiger partial charge in [0.2, 0.25) is 0 Å². The third-order valence-electron chi connectivity index (χ3n) is 3.07. The number of carbonyl (C=O) groups excluding carboxylic acids is 1. The number of carbonyl (C=O) groups is 1. The highest BCUT2D eigenvalue weighted by molar-refractivity contribution is 5.67. The van der Waals surface area contributed by atoms with Gasteiger partial charge in [0, 0.05) is 13.0 Å². The number of alkyl carbamates (subject to hydrolysis) is 1. The van der Waals surface area contributed by atoms with Gasteiger partial charge >= 0.3 is 6.09 Å². The first kappa shape index (κ1) is 17.1. The number of nitrogens with one attached hydrogen (secondary N) is 1. The first-order valence-electron chi connectivity index (χ1n) is 7.32. The van der Waals surface area contributed by atoms with Crippen LogP contribution in [0.5, 0.6) is 0 Å². The van der Waals surface area contributed by atoms with E-state index < -0.39 is 11.9 Å². The van der Waals surface area contributed by atoms with Crippen molar-refractivity contribution in [2.45, 2.75) is 13.0 Å². The van der Waals surface area contributed by atoms with Gasteiger partial charge in [-0.15, -0.1) is 0 Å². The summed E-state index contributed by atoms with van der Waals surface area (Å²) in [4.78, 5) is 11.5. The molecule has 0 heterocycles. The number of hydrogen-bond donors (Lipinski definition) is 1. The summed E-state index contributed by atoms with van der Waals surface area (Å²) in [5.74, 6) is 4.78. The molecule has 0 unspecified atom stereocenters. The number of nitriles is 1. The van der Waals surface area contributed by atoms with E-state index in [2.05, 4.69) is 17.2 Å². The lowest BCUT2D eigenvalue weighted by Crippen LogP contribution is -2.24. The van der Waals surface area contributed by atoms with E-state index in [9.17, 15) is 9.18 Å². The summed E-state index contributed by atoms with van der Waals surface area (Å²) in [6.07, 6.45) is -0.185. The Hall–Kier alpha value is -3.31. The van der Waals surface area contributed by atoms with Crippen LogP contribution in [0.1, 0.15) is 23.1 Å². The van der Waals surface area contributed by atoms with Crippen molar-refractivity contribution in [1.29, 1.82) is 5.26 Å². The van der Waals surface area contributed by atoms with E-state index in [0.29, 0.717) is 13.0 Å². The maximum absolute atomic E-state index is 13.8. The molecule has 5 heteroatoms. The zero-order valence-electron chi connectivity index (χ0n) is 12.9. The summed E-state index contributed by atoms with van der Waals surface area (Å²) in [7, 11) is 0. The molecule has 2 aromatic carbocycles. The van der Waals surface area contributed by atoms with Crippen molar-refractivity contribution in [2.24, 2.45) is 0 Å². The van der Waals surface area contributed by atoms with Crippen LogP contribution in [0.3, 0.4) is 0 Å². The van der Waals surface area contributed by atoms with Crippen LogP contribution >= 0.6 is 0 Å². The van der Waals surface area contributed by atoms with Crippen molar-refractivity contribution in [3.63, 3.8) is 0 Å². The highest BCUT2D eigenvalue weighted by atomic mass is 19.1. The SMILES string of the molecule is N#Cc1cccc(C#CCCNC(=O)OCc2ccccc2)c1F. The average molecular weight is 322 g/mol. The van der Waals surface area contributed by atoms with Gasteiger partial charge < -0.3 is 10.1 Å². The first-order valence-corrected chi connectivity index (χ1v) is 7.32. The molecule has 2 aromatic rings. The molecular weight excluding hydrogens is 307 g/mol. The lowest BCUT2D eigenvalue weighted by atomic mass is 10.1. The fraction of sp³-hybridized carbons (Fsp3) is 0.158. The molecule has 0 aliphatic heterocycles. The highest BCUT2D eigenvalue weighted by Gasteiger charge is 2.04. The van der Waals surface area contributed by atoms with Gasteiger partial charge in [0.05, 0.1) is 11.1 Å². The van der Waals surface area contributed by atoms with Crippen molar-refractivity contribution >= 4 is 6.09 Å².